The Kier molecular flexibility index (Phi) is 11.4. The van der Waals surface area contributed by atoms with E-state index in [1.54, 1.807) is 7.11 Å². The average molecular weight is 720 g/mol. The fraction of sp³-hybridized carbons (Fsp3) is 0.564. The summed E-state index contributed by atoms with van der Waals surface area (Å²) < 4.78 is 24.9. The number of benzene rings is 1. The number of fused-ring (bicyclic) bond motifs is 1. The molecule has 1 amide bonds. The fourth-order valence-corrected chi connectivity index (χ4v) is 8.56. The van der Waals surface area contributed by atoms with Gasteiger partial charge in [0, 0.05) is 96.8 Å². The van der Waals surface area contributed by atoms with Gasteiger partial charge in [-0.3, -0.25) is 9.59 Å². The van der Waals surface area contributed by atoms with E-state index in [9.17, 15) is 9.59 Å². The predicted molar refractivity (Wildman–Crippen MR) is 201 cm³/mol. The summed E-state index contributed by atoms with van der Waals surface area (Å²) in [6, 6.07) is 8.36. The van der Waals surface area contributed by atoms with Crippen LogP contribution < -0.4 is 25.2 Å². The Balaban J connectivity index is 1.30. The Morgan fingerprint density at radius 1 is 1.12 bits per heavy atom. The van der Waals surface area contributed by atoms with E-state index in [0.717, 1.165) is 72.9 Å². The topological polar surface area (TPSA) is 118 Å². The van der Waals surface area contributed by atoms with Gasteiger partial charge in [0.15, 0.2) is 11.5 Å². The molecule has 12 heteroatoms. The number of rotatable bonds is 11. The molecule has 1 aliphatic carbocycles. The standard InChI is InChI=1S/C39H53N5O6S/c1-23-17-33(51-8)32(38(46)42-23)20-41-37(45)30-18-31(27-9-14-34(40-19-27)44-21-24(2)48-25(3)22-44)36-35(26(30)4)49-39(5,50-36)28-10-12-29(13-11-28)43(6)15-16-47-7/h9,14,17-19,24-25,28-29H,10-13,15-16,20-22H2,1-8H3,(H,41,45)(H,42,46). The van der Waals surface area contributed by atoms with Gasteiger partial charge in [-0.2, -0.15) is 0 Å². The molecule has 2 aliphatic heterocycles. The Labute approximate surface area is 305 Å². The van der Waals surface area contributed by atoms with Crippen LogP contribution in [0, 0.1) is 19.8 Å². The van der Waals surface area contributed by atoms with Crippen LogP contribution in [0.15, 0.2) is 40.2 Å². The number of aromatic nitrogens is 2. The quantitative estimate of drug-likeness (QED) is 0.231. The van der Waals surface area contributed by atoms with Crippen LogP contribution in [0.25, 0.3) is 11.1 Å². The minimum absolute atomic E-state index is 0.0975. The normalized spacial score (nSPS) is 24.6. The lowest BCUT2D eigenvalue weighted by molar-refractivity contribution is -0.123. The Bertz CT molecular complexity index is 1770. The van der Waals surface area contributed by atoms with Crippen LogP contribution >= 0.6 is 11.8 Å². The van der Waals surface area contributed by atoms with Gasteiger partial charge in [-0.05, 0) is 90.9 Å². The van der Waals surface area contributed by atoms with Gasteiger partial charge in [0.25, 0.3) is 17.3 Å². The van der Waals surface area contributed by atoms with Crippen molar-refractivity contribution in [1.29, 1.82) is 0 Å². The summed E-state index contributed by atoms with van der Waals surface area (Å²) in [5.74, 6) is 1.09. The van der Waals surface area contributed by atoms with E-state index < -0.39 is 5.79 Å². The minimum atomic E-state index is -0.886. The van der Waals surface area contributed by atoms with E-state index in [-0.39, 0.29) is 36.1 Å². The first-order valence-corrected chi connectivity index (χ1v) is 19.3. The summed E-state index contributed by atoms with van der Waals surface area (Å²) in [5.41, 5.74) is 3.85. The van der Waals surface area contributed by atoms with Crippen LogP contribution in [0.3, 0.4) is 0 Å². The molecule has 2 aromatic heterocycles. The monoisotopic (exact) mass is 719 g/mol. The zero-order valence-corrected chi connectivity index (χ0v) is 32.1. The van der Waals surface area contributed by atoms with Gasteiger partial charge < -0.3 is 39.0 Å². The van der Waals surface area contributed by atoms with Gasteiger partial charge in [-0.15, -0.1) is 11.8 Å². The maximum atomic E-state index is 14.0. The molecule has 3 aromatic rings. The largest absolute Gasteiger partial charge is 0.448 e. The summed E-state index contributed by atoms with van der Waals surface area (Å²) in [7, 11) is 3.91. The summed E-state index contributed by atoms with van der Waals surface area (Å²) in [4.78, 5) is 40.0. The molecule has 1 saturated carbocycles. The fourth-order valence-electron chi connectivity index (χ4n) is 7.86. The number of nitrogens with one attached hydrogen (secondary N) is 2. The second-order valence-corrected chi connectivity index (χ2v) is 15.4. The molecule has 0 radical (unpaired) electrons. The number of aromatic amines is 1. The first kappa shape index (κ1) is 37.2. The number of H-pyrrole nitrogens is 1. The zero-order valence-electron chi connectivity index (χ0n) is 31.3. The van der Waals surface area contributed by atoms with Crippen molar-refractivity contribution in [2.75, 3.05) is 51.6 Å². The Morgan fingerprint density at radius 2 is 1.82 bits per heavy atom. The molecule has 3 atom stereocenters. The van der Waals surface area contributed by atoms with Crippen molar-refractivity contribution in [3.05, 3.63) is 63.2 Å². The molecule has 0 bridgehead atoms. The molecule has 4 heterocycles. The van der Waals surface area contributed by atoms with Gasteiger partial charge in [-0.25, -0.2) is 4.98 Å². The molecule has 11 nitrogen and oxygen atoms in total. The predicted octanol–water partition coefficient (Wildman–Crippen LogP) is 5.94. The summed E-state index contributed by atoms with van der Waals surface area (Å²) in [5, 5.41) is 3.02. The van der Waals surface area contributed by atoms with Crippen LogP contribution in [0.2, 0.25) is 0 Å². The van der Waals surface area contributed by atoms with E-state index >= 15 is 0 Å². The highest BCUT2D eigenvalue weighted by atomic mass is 32.2. The van der Waals surface area contributed by atoms with E-state index in [2.05, 4.69) is 41.0 Å². The molecule has 3 aliphatic rings. The number of carbonyl (C=O) groups is 1. The van der Waals surface area contributed by atoms with Crippen molar-refractivity contribution in [3.63, 3.8) is 0 Å². The molecule has 276 valence electrons. The highest BCUT2D eigenvalue weighted by Gasteiger charge is 2.48. The number of hydrogen-bond donors (Lipinski definition) is 2. The smallest absolute Gasteiger partial charge is 0.254 e. The number of methoxy groups -OCH3 is 1. The van der Waals surface area contributed by atoms with Crippen molar-refractivity contribution in [2.45, 2.75) is 95.8 Å². The first-order valence-electron chi connectivity index (χ1n) is 18.1. The summed E-state index contributed by atoms with van der Waals surface area (Å²) >= 11 is 1.49. The van der Waals surface area contributed by atoms with Gasteiger partial charge in [-0.1, -0.05) is 0 Å². The lowest BCUT2D eigenvalue weighted by Crippen LogP contribution is -2.47. The second kappa shape index (κ2) is 15.6. The number of thioether (sulfide) groups is 1. The molecule has 1 aromatic carbocycles. The van der Waals surface area contributed by atoms with Crippen LogP contribution in [-0.2, 0) is 16.0 Å². The number of carbonyl (C=O) groups excluding carboxylic acids is 1. The van der Waals surface area contributed by atoms with Crippen molar-refractivity contribution >= 4 is 23.5 Å². The van der Waals surface area contributed by atoms with Crippen LogP contribution in [0.1, 0.15) is 73.6 Å². The third-order valence-electron chi connectivity index (χ3n) is 10.7. The van der Waals surface area contributed by atoms with Crippen molar-refractivity contribution < 1.29 is 23.7 Å². The maximum absolute atomic E-state index is 14.0. The van der Waals surface area contributed by atoms with Gasteiger partial charge in [0.2, 0.25) is 0 Å². The molecule has 51 heavy (non-hydrogen) atoms. The minimum Gasteiger partial charge on any atom is -0.448 e. The lowest BCUT2D eigenvalue weighted by atomic mass is 9.81. The van der Waals surface area contributed by atoms with E-state index in [1.807, 2.05) is 57.5 Å². The number of nitrogens with zero attached hydrogens (tertiary/aromatic N) is 3. The summed E-state index contributed by atoms with van der Waals surface area (Å²) in [6.07, 6.45) is 8.02. The molecule has 2 fully saturated rings. The van der Waals surface area contributed by atoms with E-state index in [4.69, 9.17) is 23.9 Å². The second-order valence-electron chi connectivity index (χ2n) is 14.5. The molecule has 0 spiro atoms. The first-order chi connectivity index (χ1) is 24.4. The summed E-state index contributed by atoms with van der Waals surface area (Å²) in [6.45, 7) is 13.2. The van der Waals surface area contributed by atoms with Gasteiger partial charge in [0.05, 0.1) is 18.8 Å². The third kappa shape index (κ3) is 7.94. The third-order valence-corrected chi connectivity index (χ3v) is 11.5. The van der Waals surface area contributed by atoms with Gasteiger partial charge in [0.1, 0.15) is 5.82 Å². The van der Waals surface area contributed by atoms with E-state index in [0.29, 0.717) is 40.8 Å². The number of amides is 1. The highest BCUT2D eigenvalue weighted by molar-refractivity contribution is 7.98. The van der Waals surface area contributed by atoms with E-state index in [1.165, 1.54) is 11.8 Å². The van der Waals surface area contributed by atoms with Crippen molar-refractivity contribution in [2.24, 2.45) is 5.92 Å². The number of pyridine rings is 2. The molecular formula is C39H53N5O6S. The number of likely N-dealkylation sites (N-methyl/N-ethyl adjacent to an activating group) is 1. The zero-order chi connectivity index (χ0) is 36.4. The molecule has 6 rings (SSSR count). The maximum Gasteiger partial charge on any atom is 0.254 e. The average Bonchev–Trinajstić information content (AvgIpc) is 3.48. The SMILES string of the molecule is COCCN(C)C1CCC(C2(C)Oc3c(-c4ccc(N5CC(C)OC(C)C5)nc4)cc(C(=O)NCc4c(SC)cc(C)[nH]c4=O)c(C)c3O2)CC1. The number of morpholine rings is 1. The number of hydrogen-bond acceptors (Lipinski definition) is 10. The Hall–Kier alpha value is -3.58. The van der Waals surface area contributed by atoms with Crippen molar-refractivity contribution in [1.82, 2.24) is 20.2 Å². The Morgan fingerprint density at radius 3 is 2.47 bits per heavy atom. The highest BCUT2D eigenvalue weighted by Crippen LogP contribution is 2.53. The van der Waals surface area contributed by atoms with Crippen LogP contribution in [-0.4, -0.2) is 91.5 Å². The van der Waals surface area contributed by atoms with Crippen molar-refractivity contribution in [3.8, 4) is 22.6 Å². The molecular weight excluding hydrogens is 667 g/mol. The van der Waals surface area contributed by atoms with Crippen LogP contribution in [0.4, 0.5) is 5.82 Å². The molecule has 2 N–H and O–H groups in total. The number of ether oxygens (including phenoxy) is 4. The molecule has 1 saturated heterocycles. The molecule has 3 unspecified atom stereocenters. The lowest BCUT2D eigenvalue weighted by Gasteiger charge is -2.39. The number of anilines is 1. The van der Waals surface area contributed by atoms with Gasteiger partial charge >= 0.3 is 0 Å². The van der Waals surface area contributed by atoms with Crippen LogP contribution in [0.5, 0.6) is 11.5 Å². The number of aryl methyl sites for hydroxylation is 1.